The fraction of sp³-hybridized carbons (Fsp3) is 0.0714. The van der Waals surface area contributed by atoms with Crippen molar-refractivity contribution in [1.82, 2.24) is 9.55 Å². The topological polar surface area (TPSA) is 17.8 Å². The molecular weight excluding hydrogens is 304 g/mol. The zero-order valence-corrected chi connectivity index (χ0v) is 11.2. The van der Waals surface area contributed by atoms with Crippen LogP contribution < -0.4 is 0 Å². The molecule has 0 bridgehead atoms. The molecule has 3 rings (SSSR count). The van der Waals surface area contributed by atoms with Gasteiger partial charge in [-0.05, 0) is 36.4 Å². The summed E-state index contributed by atoms with van der Waals surface area (Å²) in [6, 6.07) is 10.1. The van der Waals surface area contributed by atoms with Gasteiger partial charge in [-0.25, -0.2) is 9.37 Å². The lowest BCUT2D eigenvalue weighted by Crippen LogP contribution is -2.04. The average molecular weight is 312 g/mol. The van der Waals surface area contributed by atoms with Crippen LogP contribution in [0, 0.1) is 5.82 Å². The van der Waals surface area contributed by atoms with Crippen molar-refractivity contribution in [1.29, 1.82) is 0 Å². The predicted octanol–water partition coefficient (Wildman–Crippen LogP) is 4.78. The van der Waals surface area contributed by atoms with E-state index in [0.29, 0.717) is 16.7 Å². The lowest BCUT2D eigenvalue weighted by molar-refractivity contribution is -0.0329. The summed E-state index contributed by atoms with van der Waals surface area (Å²) in [6.45, 7) is 0. The third-order valence-corrected chi connectivity index (χ3v) is 3.57. The van der Waals surface area contributed by atoms with Crippen LogP contribution in [0.4, 0.5) is 17.6 Å². The monoisotopic (exact) mass is 312 g/mol. The lowest BCUT2D eigenvalue weighted by Gasteiger charge is -2.10. The first-order valence-corrected chi connectivity index (χ1v) is 6.74. The largest absolute Gasteiger partial charge is 0.447 e. The van der Waals surface area contributed by atoms with Gasteiger partial charge in [-0.2, -0.15) is 13.2 Å². The van der Waals surface area contributed by atoms with Gasteiger partial charge in [-0.3, -0.25) is 4.57 Å². The molecule has 2 aromatic heterocycles. The minimum atomic E-state index is -4.43. The highest BCUT2D eigenvalue weighted by Crippen LogP contribution is 2.40. The van der Waals surface area contributed by atoms with Crippen molar-refractivity contribution in [3.05, 3.63) is 54.5 Å². The second kappa shape index (κ2) is 5.07. The number of halogens is 4. The van der Waals surface area contributed by atoms with E-state index >= 15 is 0 Å². The third kappa shape index (κ3) is 2.87. The highest BCUT2D eigenvalue weighted by atomic mass is 32.2. The Morgan fingerprint density at radius 1 is 1.05 bits per heavy atom. The Morgan fingerprint density at radius 3 is 2.52 bits per heavy atom. The molecule has 0 amide bonds. The second-order valence-electron chi connectivity index (χ2n) is 4.26. The van der Waals surface area contributed by atoms with E-state index in [1.165, 1.54) is 35.0 Å². The van der Waals surface area contributed by atoms with Gasteiger partial charge in [0.1, 0.15) is 11.6 Å². The fourth-order valence-corrected chi connectivity index (χ4v) is 2.77. The molecule has 1 aromatic carbocycles. The number of hydrogen-bond donors (Lipinski definition) is 0. The van der Waals surface area contributed by atoms with Gasteiger partial charge in [-0.1, -0.05) is 6.07 Å². The number of benzene rings is 1. The molecule has 0 aliphatic carbocycles. The summed E-state index contributed by atoms with van der Waals surface area (Å²) in [5.41, 5.74) is -4.08. The molecule has 0 N–H and O–H groups in total. The molecule has 0 aliphatic heterocycles. The number of rotatable bonds is 2. The first kappa shape index (κ1) is 13.9. The van der Waals surface area contributed by atoms with Gasteiger partial charge in [0.15, 0.2) is 0 Å². The van der Waals surface area contributed by atoms with E-state index in [-0.39, 0.29) is 16.8 Å². The van der Waals surface area contributed by atoms with Gasteiger partial charge in [0, 0.05) is 23.3 Å². The Hall–Kier alpha value is -2.02. The highest BCUT2D eigenvalue weighted by molar-refractivity contribution is 8.00. The van der Waals surface area contributed by atoms with Crippen LogP contribution in [0.3, 0.4) is 0 Å². The maximum Gasteiger partial charge on any atom is 0.447 e. The quantitative estimate of drug-likeness (QED) is 0.501. The van der Waals surface area contributed by atoms with Crippen molar-refractivity contribution in [2.75, 3.05) is 0 Å². The third-order valence-electron chi connectivity index (χ3n) is 2.83. The van der Waals surface area contributed by atoms with Crippen LogP contribution in [0.2, 0.25) is 0 Å². The fourth-order valence-electron chi connectivity index (χ4n) is 2.06. The van der Waals surface area contributed by atoms with Crippen LogP contribution in [-0.2, 0) is 0 Å². The van der Waals surface area contributed by atoms with Gasteiger partial charge >= 0.3 is 5.51 Å². The van der Waals surface area contributed by atoms with Crippen molar-refractivity contribution in [3.63, 3.8) is 0 Å². The maximum atomic E-state index is 13.4. The molecule has 0 saturated carbocycles. The standard InChI is InChI=1S/C14H8F4N2S/c15-10-5-4-9-7-13(21-14(16,17)18)20(11(9)8-10)12-3-1-2-6-19-12/h1-8H. The minimum Gasteiger partial charge on any atom is -0.288 e. The van der Waals surface area contributed by atoms with E-state index in [1.807, 2.05) is 0 Å². The minimum absolute atomic E-state index is 0.0539. The van der Waals surface area contributed by atoms with Crippen LogP contribution in [0.15, 0.2) is 53.7 Å². The zero-order valence-electron chi connectivity index (χ0n) is 10.4. The molecule has 108 valence electrons. The number of fused-ring (bicyclic) bond motifs is 1. The SMILES string of the molecule is Fc1ccc2cc(SC(F)(F)F)n(-c3ccccn3)c2c1. The summed E-state index contributed by atoms with van der Waals surface area (Å²) in [7, 11) is 0. The number of alkyl halides is 3. The molecule has 0 unspecified atom stereocenters. The lowest BCUT2D eigenvalue weighted by atomic mass is 10.2. The molecule has 0 fully saturated rings. The first-order valence-electron chi connectivity index (χ1n) is 5.92. The van der Waals surface area contributed by atoms with Crippen LogP contribution in [0.25, 0.3) is 16.7 Å². The van der Waals surface area contributed by atoms with E-state index < -0.39 is 11.3 Å². The summed E-state index contributed by atoms with van der Waals surface area (Å²) in [4.78, 5) is 4.05. The second-order valence-corrected chi connectivity index (χ2v) is 5.34. The van der Waals surface area contributed by atoms with E-state index in [0.717, 1.165) is 0 Å². The van der Waals surface area contributed by atoms with E-state index in [1.54, 1.807) is 18.2 Å². The number of aromatic nitrogens is 2. The number of nitrogens with zero attached hydrogens (tertiary/aromatic N) is 2. The summed E-state index contributed by atoms with van der Waals surface area (Å²) in [6.07, 6.45) is 1.47. The van der Waals surface area contributed by atoms with Gasteiger partial charge in [-0.15, -0.1) is 0 Å². The molecule has 2 heterocycles. The summed E-state index contributed by atoms with van der Waals surface area (Å²) < 4.78 is 52.8. The van der Waals surface area contributed by atoms with Gasteiger partial charge < -0.3 is 0 Å². The van der Waals surface area contributed by atoms with Crippen LogP contribution in [0.5, 0.6) is 0 Å². The molecule has 7 heteroatoms. The van der Waals surface area contributed by atoms with Crippen LogP contribution in [-0.4, -0.2) is 15.1 Å². The molecule has 21 heavy (non-hydrogen) atoms. The predicted molar refractivity (Wildman–Crippen MR) is 72.9 cm³/mol. The molecule has 0 atom stereocenters. The van der Waals surface area contributed by atoms with Crippen molar-refractivity contribution < 1.29 is 17.6 Å². The average Bonchev–Trinajstić information content (AvgIpc) is 2.74. The molecule has 3 aromatic rings. The summed E-state index contributed by atoms with van der Waals surface area (Å²) in [5.74, 6) is -0.203. The van der Waals surface area contributed by atoms with E-state index in [2.05, 4.69) is 4.98 Å². The highest BCUT2D eigenvalue weighted by Gasteiger charge is 2.32. The van der Waals surface area contributed by atoms with Crippen molar-refractivity contribution in [2.45, 2.75) is 10.5 Å². The van der Waals surface area contributed by atoms with Gasteiger partial charge in [0.25, 0.3) is 0 Å². The molecule has 0 radical (unpaired) electrons. The number of thioether (sulfide) groups is 1. The van der Waals surface area contributed by atoms with E-state index in [4.69, 9.17) is 0 Å². The zero-order chi connectivity index (χ0) is 15.0. The molecule has 2 nitrogen and oxygen atoms in total. The van der Waals surface area contributed by atoms with Gasteiger partial charge in [0.2, 0.25) is 0 Å². The van der Waals surface area contributed by atoms with Crippen molar-refractivity contribution in [2.24, 2.45) is 0 Å². The van der Waals surface area contributed by atoms with E-state index in [9.17, 15) is 17.6 Å². The smallest absolute Gasteiger partial charge is 0.288 e. The normalized spacial score (nSPS) is 12.0. The maximum absolute atomic E-state index is 13.4. The Bertz CT molecular complexity index is 781. The number of hydrogen-bond acceptors (Lipinski definition) is 2. The summed E-state index contributed by atoms with van der Waals surface area (Å²) >= 11 is -0.246. The van der Waals surface area contributed by atoms with Crippen LogP contribution >= 0.6 is 11.8 Å². The van der Waals surface area contributed by atoms with Gasteiger partial charge in [0.05, 0.1) is 10.5 Å². The first-order chi connectivity index (χ1) is 9.94. The van der Waals surface area contributed by atoms with Crippen molar-refractivity contribution in [3.8, 4) is 5.82 Å². The van der Waals surface area contributed by atoms with Crippen molar-refractivity contribution >= 4 is 22.7 Å². The summed E-state index contributed by atoms with van der Waals surface area (Å²) in [5, 5.41) is 0.468. The Balaban J connectivity index is 2.27. The molecule has 0 saturated heterocycles. The molecule has 0 spiro atoms. The molecule has 0 aliphatic rings. The Labute approximate surface area is 121 Å². The molecular formula is C14H8F4N2S. The Morgan fingerprint density at radius 2 is 1.86 bits per heavy atom. The number of pyridine rings is 1. The Kier molecular flexibility index (Phi) is 3.36. The van der Waals surface area contributed by atoms with Crippen LogP contribution in [0.1, 0.15) is 0 Å².